The number of rotatable bonds is 2. The van der Waals surface area contributed by atoms with Gasteiger partial charge in [-0.15, -0.1) is 0 Å². The summed E-state index contributed by atoms with van der Waals surface area (Å²) in [7, 11) is 0. The number of Topliss-reactive ketones (excluding diaryl/α,β-unsaturated/α-hetero) is 1. The molecule has 4 aliphatic rings. The number of fused-ring (bicyclic) bond motifs is 5. The fourth-order valence-corrected chi connectivity index (χ4v) is 8.84. The third-order valence-electron chi connectivity index (χ3n) is 10.4. The molecule has 4 aliphatic carbocycles. The molecule has 0 saturated heterocycles. The van der Waals surface area contributed by atoms with Crippen molar-refractivity contribution < 1.29 is 4.79 Å². The van der Waals surface area contributed by atoms with Crippen molar-refractivity contribution in [1.29, 1.82) is 0 Å². The van der Waals surface area contributed by atoms with Gasteiger partial charge in [-0.25, -0.2) is 0 Å². The van der Waals surface area contributed by atoms with Crippen molar-refractivity contribution in [2.75, 3.05) is 0 Å². The average molecular weight is 413 g/mol. The summed E-state index contributed by atoms with van der Waals surface area (Å²) in [6.07, 6.45) is 12.1. The van der Waals surface area contributed by atoms with Crippen molar-refractivity contribution in [3.05, 3.63) is 34.9 Å². The molecule has 0 aliphatic heterocycles. The lowest BCUT2D eigenvalue weighted by Gasteiger charge is -2.61. The quantitative estimate of drug-likeness (QED) is 0.452. The summed E-state index contributed by atoms with van der Waals surface area (Å²) in [5.41, 5.74) is 1.62. The van der Waals surface area contributed by atoms with Crippen LogP contribution in [0.1, 0.15) is 88.9 Å². The average Bonchev–Trinajstić information content (AvgIpc) is 3.06. The van der Waals surface area contributed by atoms with Gasteiger partial charge < -0.3 is 0 Å². The molecule has 0 aromatic heterocycles. The van der Waals surface area contributed by atoms with Crippen LogP contribution in [0.3, 0.4) is 0 Å². The summed E-state index contributed by atoms with van der Waals surface area (Å²) in [5.74, 6) is 4.95. The van der Waals surface area contributed by atoms with E-state index in [2.05, 4.69) is 20.8 Å². The molecule has 1 aromatic carbocycles. The molecule has 0 N–H and O–H groups in total. The van der Waals surface area contributed by atoms with E-state index in [1.54, 1.807) is 0 Å². The Morgan fingerprint density at radius 3 is 2.34 bits per heavy atom. The second-order valence-corrected chi connectivity index (χ2v) is 12.0. The summed E-state index contributed by atoms with van der Waals surface area (Å²) in [4.78, 5) is 13.5. The normalized spacial score (nSPS) is 46.5. The molecule has 5 rings (SSSR count). The zero-order chi connectivity index (χ0) is 20.4. The van der Waals surface area contributed by atoms with Gasteiger partial charge in [-0.2, -0.15) is 0 Å². The lowest BCUT2D eigenvalue weighted by Crippen LogP contribution is -2.53. The van der Waals surface area contributed by atoms with Crippen LogP contribution in [0.5, 0.6) is 0 Å². The lowest BCUT2D eigenvalue weighted by molar-refractivity contribution is -0.114. The number of carbonyl (C=O) groups is 1. The molecule has 0 spiro atoms. The Labute approximate surface area is 182 Å². The van der Waals surface area contributed by atoms with Crippen LogP contribution < -0.4 is 0 Å². The maximum atomic E-state index is 13.5. The highest BCUT2D eigenvalue weighted by Gasteiger charge is 2.61. The molecule has 4 saturated carbocycles. The summed E-state index contributed by atoms with van der Waals surface area (Å²) >= 11 is 6.06. The summed E-state index contributed by atoms with van der Waals surface area (Å²) in [6.45, 7) is 7.58. The molecule has 0 amide bonds. The van der Waals surface area contributed by atoms with Gasteiger partial charge in [0.15, 0.2) is 5.78 Å². The summed E-state index contributed by atoms with van der Waals surface area (Å²) in [5, 5.41) is 0.712. The lowest BCUT2D eigenvalue weighted by atomic mass is 9.44. The van der Waals surface area contributed by atoms with Crippen LogP contribution in [-0.2, 0) is 0 Å². The minimum atomic E-state index is 0.197. The molecule has 2 unspecified atom stereocenters. The monoisotopic (exact) mass is 412 g/mol. The first-order chi connectivity index (χ1) is 13.8. The van der Waals surface area contributed by atoms with Gasteiger partial charge in [0.25, 0.3) is 0 Å². The number of halogens is 1. The van der Waals surface area contributed by atoms with Crippen LogP contribution >= 0.6 is 11.6 Å². The fraction of sp³-hybridized carbons (Fsp3) is 0.741. The highest BCUT2D eigenvalue weighted by Crippen LogP contribution is 2.68. The maximum Gasteiger partial charge on any atom is 0.166 e. The van der Waals surface area contributed by atoms with Crippen LogP contribution in [0.4, 0.5) is 0 Å². The van der Waals surface area contributed by atoms with Gasteiger partial charge >= 0.3 is 0 Å². The molecule has 0 bridgehead atoms. The first kappa shape index (κ1) is 20.1. The standard InChI is InChI=1S/C27H37ClO/c1-17-12-14-26(2)19(16-17)6-9-21-22-10-11-24(27(22,3)15-13-23(21)26)25(29)18-4-7-20(28)8-5-18/h4-5,7-8,17,19,21-24H,6,9-16H2,1-3H3/t17-,19+,21-,22?,23?,24+,26-,27-/m0/s1. The molecule has 8 atom stereocenters. The van der Waals surface area contributed by atoms with E-state index in [9.17, 15) is 4.79 Å². The van der Waals surface area contributed by atoms with Crippen LogP contribution in [0.2, 0.25) is 5.02 Å². The maximum absolute atomic E-state index is 13.5. The van der Waals surface area contributed by atoms with Crippen molar-refractivity contribution in [2.24, 2.45) is 46.3 Å². The topological polar surface area (TPSA) is 17.1 Å². The minimum Gasteiger partial charge on any atom is -0.294 e. The third kappa shape index (κ3) is 3.05. The van der Waals surface area contributed by atoms with Crippen molar-refractivity contribution in [3.63, 3.8) is 0 Å². The number of ketones is 1. The van der Waals surface area contributed by atoms with Crippen LogP contribution in [0, 0.1) is 46.3 Å². The van der Waals surface area contributed by atoms with E-state index < -0.39 is 0 Å². The van der Waals surface area contributed by atoms with Gasteiger partial charge in [0.05, 0.1) is 0 Å². The van der Waals surface area contributed by atoms with Crippen LogP contribution in [0.25, 0.3) is 0 Å². The van der Waals surface area contributed by atoms with Crippen molar-refractivity contribution in [3.8, 4) is 0 Å². The van der Waals surface area contributed by atoms with Crippen molar-refractivity contribution >= 4 is 17.4 Å². The molecule has 4 fully saturated rings. The smallest absolute Gasteiger partial charge is 0.166 e. The van der Waals surface area contributed by atoms with Gasteiger partial charge in [-0.3, -0.25) is 4.79 Å². The predicted octanol–water partition coefficient (Wildman–Crippen LogP) is 7.82. The van der Waals surface area contributed by atoms with E-state index in [1.807, 2.05) is 24.3 Å². The van der Waals surface area contributed by atoms with Gasteiger partial charge in [0.2, 0.25) is 0 Å². The van der Waals surface area contributed by atoms with E-state index in [1.165, 1.54) is 51.4 Å². The van der Waals surface area contributed by atoms with Crippen molar-refractivity contribution in [1.82, 2.24) is 0 Å². The largest absolute Gasteiger partial charge is 0.294 e. The van der Waals surface area contributed by atoms with Gasteiger partial charge in [0.1, 0.15) is 0 Å². The van der Waals surface area contributed by atoms with Crippen LogP contribution in [0.15, 0.2) is 24.3 Å². The first-order valence-electron chi connectivity index (χ1n) is 12.1. The molecular weight excluding hydrogens is 376 g/mol. The van der Waals surface area contributed by atoms with E-state index in [0.29, 0.717) is 16.2 Å². The Bertz CT molecular complexity index is 784. The molecule has 0 radical (unpaired) electrons. The number of carbonyl (C=O) groups excluding carboxylic acids is 1. The zero-order valence-electron chi connectivity index (χ0n) is 18.4. The second kappa shape index (κ2) is 7.11. The number of benzene rings is 1. The first-order valence-corrected chi connectivity index (χ1v) is 12.5. The highest BCUT2D eigenvalue weighted by molar-refractivity contribution is 6.30. The Balaban J connectivity index is 1.40. The Morgan fingerprint density at radius 2 is 1.59 bits per heavy atom. The third-order valence-corrected chi connectivity index (χ3v) is 10.6. The molecule has 1 nitrogen and oxygen atoms in total. The van der Waals surface area contributed by atoms with E-state index >= 15 is 0 Å². The number of hydrogen-bond donors (Lipinski definition) is 0. The molecular formula is C27H37ClO. The highest BCUT2D eigenvalue weighted by atomic mass is 35.5. The van der Waals surface area contributed by atoms with Crippen LogP contribution in [-0.4, -0.2) is 5.78 Å². The fourth-order valence-electron chi connectivity index (χ4n) is 8.72. The van der Waals surface area contributed by atoms with Crippen molar-refractivity contribution in [2.45, 2.75) is 78.6 Å². The van der Waals surface area contributed by atoms with E-state index in [-0.39, 0.29) is 11.3 Å². The van der Waals surface area contributed by atoms with E-state index in [0.717, 1.165) is 41.6 Å². The van der Waals surface area contributed by atoms with E-state index in [4.69, 9.17) is 11.6 Å². The summed E-state index contributed by atoms with van der Waals surface area (Å²) < 4.78 is 0. The van der Waals surface area contributed by atoms with Gasteiger partial charge in [-0.05, 0) is 116 Å². The van der Waals surface area contributed by atoms with Gasteiger partial charge in [-0.1, -0.05) is 38.8 Å². The SMILES string of the molecule is C[C@H]1CC[C@]2(C)C3CC[C@@]4(C)C(CC[C@@H]4C(=O)c4ccc(Cl)cc4)[C@@H]3CC[C@@H]2C1. The molecule has 158 valence electrons. The minimum absolute atomic E-state index is 0.197. The Hall–Kier alpha value is -0.820. The molecule has 29 heavy (non-hydrogen) atoms. The second-order valence-electron chi connectivity index (χ2n) is 11.6. The Morgan fingerprint density at radius 1 is 0.897 bits per heavy atom. The zero-order valence-corrected chi connectivity index (χ0v) is 19.2. The molecule has 1 aromatic rings. The van der Waals surface area contributed by atoms with Gasteiger partial charge in [0, 0.05) is 16.5 Å². The summed E-state index contributed by atoms with van der Waals surface area (Å²) in [6, 6.07) is 7.60. The predicted molar refractivity (Wildman–Crippen MR) is 120 cm³/mol. The molecule has 2 heteroatoms. The molecule has 0 heterocycles. The number of hydrogen-bond acceptors (Lipinski definition) is 1. The Kier molecular flexibility index (Phi) is 4.93.